The van der Waals surface area contributed by atoms with Crippen molar-refractivity contribution in [3.05, 3.63) is 4.88 Å². The second-order valence-electron chi connectivity index (χ2n) is 4.13. The van der Waals surface area contributed by atoms with Gasteiger partial charge in [0.25, 0.3) is 0 Å². The fourth-order valence-electron chi connectivity index (χ4n) is 1.88. The molecule has 0 saturated carbocycles. The zero-order valence-electron chi connectivity index (χ0n) is 11.8. The molecule has 0 saturated heterocycles. The number of hydrogen-bond acceptors (Lipinski definition) is 6. The number of nitriles is 1. The first-order valence-corrected chi connectivity index (χ1v) is 7.32. The first-order chi connectivity index (χ1) is 9.17. The number of nitrogen functional groups attached to an aromatic ring is 1. The van der Waals surface area contributed by atoms with Crippen LogP contribution >= 0.6 is 11.3 Å². The molecule has 1 rings (SSSR count). The zero-order chi connectivity index (χ0) is 14.3. The highest BCUT2D eigenvalue weighted by molar-refractivity contribution is 7.17. The van der Waals surface area contributed by atoms with E-state index in [0.717, 1.165) is 37.6 Å². The maximum absolute atomic E-state index is 8.95. The normalized spacial score (nSPS) is 10.5. The Bertz CT molecular complexity index is 435. The molecule has 0 aromatic carbocycles. The van der Waals surface area contributed by atoms with E-state index in [1.54, 1.807) is 7.11 Å². The lowest BCUT2D eigenvalue weighted by Gasteiger charge is -2.17. The summed E-state index contributed by atoms with van der Waals surface area (Å²) < 4.78 is 5.24. The molecule has 0 radical (unpaired) electrons. The quantitative estimate of drug-likeness (QED) is 0.716. The van der Waals surface area contributed by atoms with Crippen molar-refractivity contribution < 1.29 is 4.74 Å². The zero-order valence-corrected chi connectivity index (χ0v) is 12.6. The van der Waals surface area contributed by atoms with Crippen LogP contribution in [0, 0.1) is 11.3 Å². The lowest BCUT2D eigenvalue weighted by Crippen LogP contribution is -2.25. The molecule has 1 heterocycles. The summed E-state index contributed by atoms with van der Waals surface area (Å²) >= 11 is 1.35. The highest BCUT2D eigenvalue weighted by Crippen LogP contribution is 2.41. The Balaban J connectivity index is 2.52. The number of rotatable bonds is 8. The van der Waals surface area contributed by atoms with Crippen molar-refractivity contribution in [2.75, 3.05) is 44.3 Å². The molecule has 1 aromatic heterocycles. The van der Waals surface area contributed by atoms with Gasteiger partial charge < -0.3 is 20.7 Å². The number of ether oxygens (including phenoxy) is 1. The van der Waals surface area contributed by atoms with Gasteiger partial charge in [-0.15, -0.1) is 11.3 Å². The molecule has 106 valence electrons. The van der Waals surface area contributed by atoms with Crippen LogP contribution in [0.25, 0.3) is 0 Å². The summed E-state index contributed by atoms with van der Waals surface area (Å²) in [5.74, 6) is 0.587. The van der Waals surface area contributed by atoms with E-state index < -0.39 is 0 Å². The summed E-state index contributed by atoms with van der Waals surface area (Å²) in [5, 5.41) is 13.1. The van der Waals surface area contributed by atoms with Gasteiger partial charge in [-0.3, -0.25) is 0 Å². The third-order valence-corrected chi connectivity index (χ3v) is 4.09. The minimum absolute atomic E-state index is 0.432. The van der Waals surface area contributed by atoms with Crippen molar-refractivity contribution >= 4 is 22.0 Å². The summed E-state index contributed by atoms with van der Waals surface area (Å²) in [6.07, 6.45) is 1.05. The van der Waals surface area contributed by atoms with E-state index in [4.69, 9.17) is 15.7 Å². The van der Waals surface area contributed by atoms with Crippen LogP contribution in [0.5, 0.6) is 5.75 Å². The van der Waals surface area contributed by atoms with E-state index in [2.05, 4.69) is 30.1 Å². The van der Waals surface area contributed by atoms with Gasteiger partial charge in [0.15, 0.2) is 5.75 Å². The van der Waals surface area contributed by atoms with Crippen LogP contribution in [0.2, 0.25) is 0 Å². The molecule has 0 aliphatic heterocycles. The van der Waals surface area contributed by atoms with E-state index in [-0.39, 0.29) is 0 Å². The standard InChI is InChI=1S/C13H22N4OS/c1-4-17(5-2)8-6-7-16-13-12(18-3)11(15)10(9-14)19-13/h16H,4-8,15H2,1-3H3. The minimum atomic E-state index is 0.432. The second-order valence-corrected chi connectivity index (χ2v) is 5.15. The lowest BCUT2D eigenvalue weighted by molar-refractivity contribution is 0.303. The fraction of sp³-hybridized carbons (Fsp3) is 0.615. The Morgan fingerprint density at radius 1 is 1.42 bits per heavy atom. The summed E-state index contributed by atoms with van der Waals surface area (Å²) in [5.41, 5.74) is 6.27. The number of hydrogen-bond donors (Lipinski definition) is 2. The topological polar surface area (TPSA) is 74.3 Å². The molecule has 0 spiro atoms. The second kappa shape index (κ2) is 7.87. The van der Waals surface area contributed by atoms with E-state index in [1.165, 1.54) is 11.3 Å². The van der Waals surface area contributed by atoms with Gasteiger partial charge >= 0.3 is 0 Å². The van der Waals surface area contributed by atoms with Crippen molar-refractivity contribution in [2.24, 2.45) is 0 Å². The van der Waals surface area contributed by atoms with E-state index in [0.29, 0.717) is 16.3 Å². The van der Waals surface area contributed by atoms with Crippen molar-refractivity contribution in [3.63, 3.8) is 0 Å². The first-order valence-electron chi connectivity index (χ1n) is 6.50. The van der Waals surface area contributed by atoms with Gasteiger partial charge in [-0.1, -0.05) is 13.8 Å². The molecule has 0 unspecified atom stereocenters. The number of nitrogens with one attached hydrogen (secondary N) is 1. The van der Waals surface area contributed by atoms with Crippen LogP contribution in [0.3, 0.4) is 0 Å². The van der Waals surface area contributed by atoms with Crippen molar-refractivity contribution in [1.29, 1.82) is 5.26 Å². The number of anilines is 2. The summed E-state index contributed by atoms with van der Waals surface area (Å²) in [6, 6.07) is 2.08. The molecular formula is C13H22N4OS. The average Bonchev–Trinajstić information content (AvgIpc) is 2.74. The minimum Gasteiger partial charge on any atom is -0.492 e. The molecule has 0 atom stereocenters. The van der Waals surface area contributed by atoms with Gasteiger partial charge in [-0.25, -0.2) is 0 Å². The SMILES string of the molecule is CCN(CC)CCCNc1sc(C#N)c(N)c1OC. The highest BCUT2D eigenvalue weighted by atomic mass is 32.1. The van der Waals surface area contributed by atoms with Crippen LogP contribution in [-0.4, -0.2) is 38.2 Å². The molecule has 0 aliphatic rings. The molecule has 1 aromatic rings. The number of thiophene rings is 1. The molecule has 5 nitrogen and oxygen atoms in total. The average molecular weight is 282 g/mol. The van der Waals surface area contributed by atoms with Gasteiger partial charge in [0.2, 0.25) is 0 Å². The van der Waals surface area contributed by atoms with Crippen molar-refractivity contribution in [1.82, 2.24) is 4.90 Å². The summed E-state index contributed by atoms with van der Waals surface area (Å²) in [4.78, 5) is 2.88. The smallest absolute Gasteiger partial charge is 0.177 e. The predicted molar refractivity (Wildman–Crippen MR) is 80.9 cm³/mol. The van der Waals surface area contributed by atoms with Gasteiger partial charge in [0.05, 0.1) is 7.11 Å². The number of nitrogens with zero attached hydrogens (tertiary/aromatic N) is 2. The fourth-order valence-corrected chi connectivity index (χ4v) is 2.79. The predicted octanol–water partition coefficient (Wildman–Crippen LogP) is 2.35. The van der Waals surface area contributed by atoms with Gasteiger partial charge in [0.1, 0.15) is 21.6 Å². The van der Waals surface area contributed by atoms with Crippen LogP contribution < -0.4 is 15.8 Å². The highest BCUT2D eigenvalue weighted by Gasteiger charge is 2.16. The number of methoxy groups -OCH3 is 1. The maximum Gasteiger partial charge on any atom is 0.177 e. The van der Waals surface area contributed by atoms with Gasteiger partial charge in [-0.05, 0) is 26.1 Å². The van der Waals surface area contributed by atoms with Crippen LogP contribution in [-0.2, 0) is 0 Å². The Kier molecular flexibility index (Phi) is 6.46. The monoisotopic (exact) mass is 282 g/mol. The van der Waals surface area contributed by atoms with Crippen LogP contribution in [0.1, 0.15) is 25.1 Å². The molecular weight excluding hydrogens is 260 g/mol. The van der Waals surface area contributed by atoms with Crippen LogP contribution in [0.4, 0.5) is 10.7 Å². The molecule has 0 amide bonds. The summed E-state index contributed by atoms with van der Waals surface area (Å²) in [6.45, 7) is 8.39. The molecule has 0 bridgehead atoms. The molecule has 3 N–H and O–H groups in total. The molecule has 0 fully saturated rings. The van der Waals surface area contributed by atoms with Gasteiger partial charge in [-0.2, -0.15) is 5.26 Å². The molecule has 19 heavy (non-hydrogen) atoms. The van der Waals surface area contributed by atoms with E-state index in [1.807, 2.05) is 0 Å². The van der Waals surface area contributed by atoms with E-state index in [9.17, 15) is 0 Å². The summed E-state index contributed by atoms with van der Waals surface area (Å²) in [7, 11) is 1.57. The Morgan fingerprint density at radius 3 is 2.63 bits per heavy atom. The third-order valence-electron chi connectivity index (χ3n) is 3.04. The molecule has 6 heteroatoms. The van der Waals surface area contributed by atoms with Gasteiger partial charge in [0, 0.05) is 6.54 Å². The largest absolute Gasteiger partial charge is 0.492 e. The Hall–Kier alpha value is -1.45. The lowest BCUT2D eigenvalue weighted by atomic mass is 10.3. The van der Waals surface area contributed by atoms with Crippen molar-refractivity contribution in [2.45, 2.75) is 20.3 Å². The van der Waals surface area contributed by atoms with Crippen LogP contribution in [0.15, 0.2) is 0 Å². The Labute approximate surface area is 119 Å². The molecule has 0 aliphatic carbocycles. The maximum atomic E-state index is 8.95. The van der Waals surface area contributed by atoms with E-state index >= 15 is 0 Å². The van der Waals surface area contributed by atoms with Crippen molar-refractivity contribution in [3.8, 4) is 11.8 Å². The Morgan fingerprint density at radius 2 is 2.11 bits per heavy atom. The first kappa shape index (κ1) is 15.6. The third kappa shape index (κ3) is 4.01. The number of nitrogens with two attached hydrogens (primary N) is 1.